The number of unbranched alkanes of at least 4 members (excludes halogenated alkanes) is 1. The fraction of sp³-hybridized carbons (Fsp3) is 0.379. The molecular formula is C29H35N3O6. The molecule has 1 atom stereocenters. The quantitative estimate of drug-likeness (QED) is 0.273. The van der Waals surface area contributed by atoms with Crippen molar-refractivity contribution in [3.05, 3.63) is 83.4 Å². The van der Waals surface area contributed by atoms with Crippen molar-refractivity contribution in [1.82, 2.24) is 14.5 Å². The number of benzene rings is 2. The van der Waals surface area contributed by atoms with Gasteiger partial charge in [-0.15, -0.1) is 0 Å². The van der Waals surface area contributed by atoms with Crippen LogP contribution in [0.2, 0.25) is 0 Å². The molecule has 0 bridgehead atoms. The van der Waals surface area contributed by atoms with Crippen LogP contribution in [0.3, 0.4) is 0 Å². The molecule has 1 unspecified atom stereocenters. The molecule has 0 saturated heterocycles. The summed E-state index contributed by atoms with van der Waals surface area (Å²) in [6.07, 6.45) is 4.19. The molecule has 0 saturated carbocycles. The molecule has 38 heavy (non-hydrogen) atoms. The maximum atomic E-state index is 12.6. The highest BCUT2D eigenvalue weighted by Gasteiger charge is 2.27. The van der Waals surface area contributed by atoms with Crippen molar-refractivity contribution in [2.24, 2.45) is 0 Å². The number of carbonyl (C=O) groups is 3. The lowest BCUT2D eigenvalue weighted by Gasteiger charge is -2.27. The second-order valence-corrected chi connectivity index (χ2v) is 10.1. The van der Waals surface area contributed by atoms with Gasteiger partial charge < -0.3 is 19.5 Å². The first kappa shape index (κ1) is 28.4. The summed E-state index contributed by atoms with van der Waals surface area (Å²) in [5.41, 5.74) is 1.64. The summed E-state index contributed by atoms with van der Waals surface area (Å²) in [5.74, 6) is -0.461. The van der Waals surface area contributed by atoms with Gasteiger partial charge in [0, 0.05) is 26.0 Å². The zero-order chi connectivity index (χ0) is 27.9. The molecule has 0 aliphatic rings. The first-order chi connectivity index (χ1) is 18.0. The Labute approximate surface area is 223 Å². The highest BCUT2D eigenvalue weighted by atomic mass is 16.6. The van der Waals surface area contributed by atoms with Crippen molar-refractivity contribution < 1.29 is 29.0 Å². The standard InChI is InChI=1S/C29H35N3O6/c1-6-7-8-20-9-11-22(12-10-20)26(33)37-23-15-13-21(14-16-23)24(25-30-17-18-32(25)27(34)35)19-31(5)28(36)38-29(2,3)4/h9-18,24H,6-8,19H2,1-5H3,(H,34,35). The molecule has 1 aromatic heterocycles. The van der Waals surface area contributed by atoms with Crippen molar-refractivity contribution in [1.29, 1.82) is 0 Å². The summed E-state index contributed by atoms with van der Waals surface area (Å²) >= 11 is 0. The van der Waals surface area contributed by atoms with Gasteiger partial charge in [0.15, 0.2) is 0 Å². The van der Waals surface area contributed by atoms with E-state index in [1.165, 1.54) is 22.9 Å². The minimum absolute atomic E-state index is 0.114. The maximum Gasteiger partial charge on any atom is 0.417 e. The Morgan fingerprint density at radius 3 is 2.29 bits per heavy atom. The van der Waals surface area contributed by atoms with Crippen LogP contribution >= 0.6 is 0 Å². The fourth-order valence-electron chi connectivity index (χ4n) is 3.88. The van der Waals surface area contributed by atoms with Crippen LogP contribution in [0.15, 0.2) is 60.9 Å². The number of likely N-dealkylation sites (N-methyl/N-ethyl adjacent to an activating group) is 1. The topological polar surface area (TPSA) is 111 Å². The largest absolute Gasteiger partial charge is 0.464 e. The first-order valence-corrected chi connectivity index (χ1v) is 12.6. The monoisotopic (exact) mass is 521 g/mol. The van der Waals surface area contributed by atoms with Crippen molar-refractivity contribution in [2.75, 3.05) is 13.6 Å². The van der Waals surface area contributed by atoms with E-state index in [4.69, 9.17) is 9.47 Å². The number of nitrogens with zero attached hydrogens (tertiary/aromatic N) is 3. The summed E-state index contributed by atoms with van der Waals surface area (Å²) < 4.78 is 12.0. The molecule has 1 N–H and O–H groups in total. The van der Waals surface area contributed by atoms with Crippen LogP contribution in [0, 0.1) is 0 Å². The molecule has 2 aromatic carbocycles. The summed E-state index contributed by atoms with van der Waals surface area (Å²) in [6.45, 7) is 7.57. The van der Waals surface area contributed by atoms with Crippen molar-refractivity contribution >= 4 is 18.2 Å². The number of carbonyl (C=O) groups excluding carboxylic acids is 2. The van der Waals surface area contributed by atoms with E-state index in [1.807, 2.05) is 12.1 Å². The number of ether oxygens (including phenoxy) is 2. The van der Waals surface area contributed by atoms with Crippen LogP contribution in [0.4, 0.5) is 9.59 Å². The van der Waals surface area contributed by atoms with E-state index >= 15 is 0 Å². The summed E-state index contributed by atoms with van der Waals surface area (Å²) in [7, 11) is 1.58. The van der Waals surface area contributed by atoms with Crippen LogP contribution in [-0.4, -0.2) is 56.9 Å². The molecule has 0 spiro atoms. The Morgan fingerprint density at radius 2 is 1.71 bits per heavy atom. The minimum atomic E-state index is -1.19. The maximum absolute atomic E-state index is 12.6. The van der Waals surface area contributed by atoms with E-state index in [-0.39, 0.29) is 12.4 Å². The Kier molecular flexibility index (Phi) is 9.28. The molecule has 3 aromatic rings. The third-order valence-corrected chi connectivity index (χ3v) is 5.85. The summed E-state index contributed by atoms with van der Waals surface area (Å²) in [5, 5.41) is 9.62. The molecule has 3 rings (SSSR count). The lowest BCUT2D eigenvalue weighted by Crippen LogP contribution is -2.37. The molecule has 0 aliphatic carbocycles. The van der Waals surface area contributed by atoms with Crippen molar-refractivity contribution in [3.63, 3.8) is 0 Å². The van der Waals surface area contributed by atoms with Crippen LogP contribution < -0.4 is 4.74 Å². The molecule has 0 aliphatic heterocycles. The second-order valence-electron chi connectivity index (χ2n) is 10.1. The van der Waals surface area contributed by atoms with Gasteiger partial charge in [0.05, 0.1) is 11.5 Å². The lowest BCUT2D eigenvalue weighted by molar-refractivity contribution is 0.0292. The number of esters is 1. The smallest absolute Gasteiger partial charge is 0.417 e. The SMILES string of the molecule is CCCCc1ccc(C(=O)Oc2ccc(C(CN(C)C(=O)OC(C)(C)C)c3nccn3C(=O)O)cc2)cc1. The predicted octanol–water partition coefficient (Wildman–Crippen LogP) is 5.97. The van der Waals surface area contributed by atoms with Gasteiger partial charge in [-0.05, 0) is 69.0 Å². The highest BCUT2D eigenvalue weighted by Crippen LogP contribution is 2.27. The molecule has 202 valence electrons. The van der Waals surface area contributed by atoms with Gasteiger partial charge in [0.25, 0.3) is 0 Å². The average molecular weight is 522 g/mol. The van der Waals surface area contributed by atoms with Gasteiger partial charge in [-0.2, -0.15) is 0 Å². The lowest BCUT2D eigenvalue weighted by atomic mass is 9.97. The third-order valence-electron chi connectivity index (χ3n) is 5.85. The molecule has 9 nitrogen and oxygen atoms in total. The molecule has 0 fully saturated rings. The number of rotatable bonds is 9. The van der Waals surface area contributed by atoms with E-state index < -0.39 is 29.7 Å². The van der Waals surface area contributed by atoms with Gasteiger partial charge >= 0.3 is 18.2 Å². The Balaban J connectivity index is 1.79. The van der Waals surface area contributed by atoms with Crippen LogP contribution in [0.5, 0.6) is 5.75 Å². The zero-order valence-corrected chi connectivity index (χ0v) is 22.5. The number of amides is 1. The Morgan fingerprint density at radius 1 is 1.05 bits per heavy atom. The second kappa shape index (κ2) is 12.4. The van der Waals surface area contributed by atoms with Gasteiger partial charge in [-0.3, -0.25) is 0 Å². The number of carboxylic acid groups (broad SMARTS) is 1. The average Bonchev–Trinajstić information content (AvgIpc) is 3.36. The van der Waals surface area contributed by atoms with E-state index in [1.54, 1.807) is 64.2 Å². The van der Waals surface area contributed by atoms with Crippen molar-refractivity contribution in [3.8, 4) is 5.75 Å². The summed E-state index contributed by atoms with van der Waals surface area (Å²) in [6, 6.07) is 14.1. The molecule has 9 heteroatoms. The van der Waals surface area contributed by atoms with Gasteiger partial charge in [0.2, 0.25) is 0 Å². The molecular weight excluding hydrogens is 486 g/mol. The molecule has 1 amide bonds. The summed E-state index contributed by atoms with van der Waals surface area (Å²) in [4.78, 5) is 42.6. The number of hydrogen-bond acceptors (Lipinski definition) is 6. The highest BCUT2D eigenvalue weighted by molar-refractivity contribution is 5.91. The van der Waals surface area contributed by atoms with Crippen LogP contribution in [0.25, 0.3) is 0 Å². The zero-order valence-electron chi connectivity index (χ0n) is 22.5. The van der Waals surface area contributed by atoms with E-state index in [0.717, 1.165) is 23.8 Å². The third kappa shape index (κ3) is 7.68. The van der Waals surface area contributed by atoms with E-state index in [0.29, 0.717) is 16.9 Å². The van der Waals surface area contributed by atoms with Gasteiger partial charge in [0.1, 0.15) is 17.2 Å². The van der Waals surface area contributed by atoms with Gasteiger partial charge in [-0.25, -0.2) is 23.9 Å². The minimum Gasteiger partial charge on any atom is -0.464 e. The predicted molar refractivity (Wildman–Crippen MR) is 143 cm³/mol. The van der Waals surface area contributed by atoms with Gasteiger partial charge in [-0.1, -0.05) is 37.6 Å². The normalized spacial score (nSPS) is 12.0. The number of aryl methyl sites for hydroxylation is 1. The number of hydrogen-bond donors (Lipinski definition) is 1. The number of aromatic nitrogens is 2. The van der Waals surface area contributed by atoms with Crippen LogP contribution in [-0.2, 0) is 11.2 Å². The van der Waals surface area contributed by atoms with E-state index in [2.05, 4.69) is 11.9 Å². The fourth-order valence-corrected chi connectivity index (χ4v) is 3.88. The Bertz CT molecular complexity index is 1240. The Hall–Kier alpha value is -4.14. The first-order valence-electron chi connectivity index (χ1n) is 12.6. The molecule has 1 heterocycles. The van der Waals surface area contributed by atoms with E-state index in [9.17, 15) is 19.5 Å². The number of imidazole rings is 1. The van der Waals surface area contributed by atoms with Crippen molar-refractivity contribution in [2.45, 2.75) is 58.5 Å². The molecule has 0 radical (unpaired) electrons. The van der Waals surface area contributed by atoms with Crippen LogP contribution in [0.1, 0.15) is 73.8 Å².